The molecule has 1 N–H and O–H groups in total. The molecule has 16 heavy (non-hydrogen) atoms. The second-order valence-electron chi connectivity index (χ2n) is 3.30. The molecule has 0 aliphatic carbocycles. The van der Waals surface area contributed by atoms with Crippen LogP contribution < -0.4 is 5.32 Å². The molecule has 5 heteroatoms. The topological polar surface area (TPSA) is 53.6 Å². The van der Waals surface area contributed by atoms with E-state index in [0.29, 0.717) is 22.1 Å². The van der Waals surface area contributed by atoms with Crippen LogP contribution in [0.5, 0.6) is 0 Å². The van der Waals surface area contributed by atoms with Crippen LogP contribution in [0.3, 0.4) is 0 Å². The molecule has 0 amide bonds. The van der Waals surface area contributed by atoms with E-state index in [1.54, 1.807) is 22.9 Å². The standard InChI is InChI=1S/C11H9ClN4/c1-16-5-4-11(15-16)14-10-3-2-9(12)6-8(10)7-13/h2-6H,1H3,(H,14,15). The van der Waals surface area contributed by atoms with Gasteiger partial charge in [-0.05, 0) is 18.2 Å². The number of aromatic nitrogens is 2. The lowest BCUT2D eigenvalue weighted by molar-refractivity contribution is 0.771. The number of halogens is 1. The van der Waals surface area contributed by atoms with Gasteiger partial charge in [-0.2, -0.15) is 10.4 Å². The fourth-order valence-corrected chi connectivity index (χ4v) is 1.51. The number of nitrogens with one attached hydrogen (secondary N) is 1. The molecule has 0 aliphatic heterocycles. The highest BCUT2D eigenvalue weighted by Gasteiger charge is 2.04. The quantitative estimate of drug-likeness (QED) is 0.866. The van der Waals surface area contributed by atoms with Gasteiger partial charge >= 0.3 is 0 Å². The van der Waals surface area contributed by atoms with E-state index in [1.807, 2.05) is 19.3 Å². The molecule has 2 aromatic rings. The first-order valence-electron chi connectivity index (χ1n) is 4.65. The molecule has 1 aromatic carbocycles. The molecule has 0 spiro atoms. The van der Waals surface area contributed by atoms with Gasteiger partial charge in [0.05, 0.1) is 11.3 Å². The molecular formula is C11H9ClN4. The second-order valence-corrected chi connectivity index (χ2v) is 3.74. The number of rotatable bonds is 2. The molecule has 4 nitrogen and oxygen atoms in total. The maximum atomic E-state index is 8.95. The van der Waals surface area contributed by atoms with Crippen molar-refractivity contribution in [3.8, 4) is 6.07 Å². The number of nitrogens with zero attached hydrogens (tertiary/aromatic N) is 3. The van der Waals surface area contributed by atoms with E-state index in [4.69, 9.17) is 16.9 Å². The van der Waals surface area contributed by atoms with E-state index in [9.17, 15) is 0 Å². The van der Waals surface area contributed by atoms with Crippen molar-refractivity contribution in [1.29, 1.82) is 5.26 Å². The zero-order valence-electron chi connectivity index (χ0n) is 8.61. The van der Waals surface area contributed by atoms with Gasteiger partial charge in [0, 0.05) is 24.3 Å². The first kappa shape index (κ1) is 10.5. The minimum atomic E-state index is 0.498. The Kier molecular flexibility index (Phi) is 2.80. The van der Waals surface area contributed by atoms with Crippen LogP contribution in [0.15, 0.2) is 30.5 Å². The molecule has 0 bridgehead atoms. The van der Waals surface area contributed by atoms with Gasteiger partial charge in [-0.3, -0.25) is 4.68 Å². The summed E-state index contributed by atoms with van der Waals surface area (Å²) in [6.07, 6.45) is 1.82. The van der Waals surface area contributed by atoms with Crippen LogP contribution in [0.4, 0.5) is 11.5 Å². The Morgan fingerprint density at radius 2 is 2.25 bits per heavy atom. The van der Waals surface area contributed by atoms with Gasteiger partial charge in [-0.1, -0.05) is 11.6 Å². The lowest BCUT2D eigenvalue weighted by Gasteiger charge is -2.05. The predicted molar refractivity (Wildman–Crippen MR) is 62.7 cm³/mol. The molecule has 0 saturated carbocycles. The molecule has 0 aliphatic rings. The molecule has 0 fully saturated rings. The molecule has 0 saturated heterocycles. The van der Waals surface area contributed by atoms with Crippen LogP contribution in [0.1, 0.15) is 5.56 Å². The lowest BCUT2D eigenvalue weighted by Crippen LogP contribution is -1.95. The van der Waals surface area contributed by atoms with Gasteiger partial charge in [0.1, 0.15) is 6.07 Å². The first-order valence-corrected chi connectivity index (χ1v) is 5.03. The van der Waals surface area contributed by atoms with E-state index >= 15 is 0 Å². The summed E-state index contributed by atoms with van der Waals surface area (Å²) >= 11 is 5.80. The summed E-state index contributed by atoms with van der Waals surface area (Å²) in [5.74, 6) is 0.696. The van der Waals surface area contributed by atoms with Gasteiger partial charge in [-0.15, -0.1) is 0 Å². The minimum absolute atomic E-state index is 0.498. The molecule has 0 atom stereocenters. The van der Waals surface area contributed by atoms with Crippen LogP contribution in [0, 0.1) is 11.3 Å². The molecular weight excluding hydrogens is 224 g/mol. The monoisotopic (exact) mass is 232 g/mol. The van der Waals surface area contributed by atoms with E-state index < -0.39 is 0 Å². The number of benzene rings is 1. The molecule has 0 unspecified atom stereocenters. The van der Waals surface area contributed by atoms with Crippen LogP contribution in [-0.2, 0) is 7.05 Å². The van der Waals surface area contributed by atoms with Gasteiger partial charge < -0.3 is 5.32 Å². The highest BCUT2D eigenvalue weighted by Crippen LogP contribution is 2.22. The zero-order valence-corrected chi connectivity index (χ0v) is 9.36. The third-order valence-corrected chi connectivity index (χ3v) is 2.31. The second kappa shape index (κ2) is 4.25. The van der Waals surface area contributed by atoms with Crippen LogP contribution in [0.25, 0.3) is 0 Å². The van der Waals surface area contributed by atoms with Gasteiger partial charge in [0.2, 0.25) is 0 Å². The highest BCUT2D eigenvalue weighted by atomic mass is 35.5. The van der Waals surface area contributed by atoms with Crippen molar-refractivity contribution < 1.29 is 0 Å². The maximum absolute atomic E-state index is 8.95. The Bertz CT molecular complexity index is 553. The van der Waals surface area contributed by atoms with Crippen molar-refractivity contribution in [1.82, 2.24) is 9.78 Å². The van der Waals surface area contributed by atoms with Gasteiger partial charge in [0.15, 0.2) is 5.82 Å². The summed E-state index contributed by atoms with van der Waals surface area (Å²) in [6.45, 7) is 0. The van der Waals surface area contributed by atoms with Crippen molar-refractivity contribution in [2.75, 3.05) is 5.32 Å². The first-order chi connectivity index (χ1) is 7.69. The van der Waals surface area contributed by atoms with Crippen LogP contribution in [-0.4, -0.2) is 9.78 Å². The molecule has 1 heterocycles. The predicted octanol–water partition coefficient (Wildman–Crippen LogP) is 2.69. The van der Waals surface area contributed by atoms with E-state index in [0.717, 1.165) is 0 Å². The van der Waals surface area contributed by atoms with Crippen molar-refractivity contribution in [2.45, 2.75) is 0 Å². The van der Waals surface area contributed by atoms with Crippen LogP contribution in [0.2, 0.25) is 5.02 Å². The van der Waals surface area contributed by atoms with E-state index in [1.165, 1.54) is 0 Å². The molecule has 0 radical (unpaired) electrons. The fourth-order valence-electron chi connectivity index (χ4n) is 1.34. The fraction of sp³-hybridized carbons (Fsp3) is 0.0909. The lowest BCUT2D eigenvalue weighted by atomic mass is 10.2. The van der Waals surface area contributed by atoms with Gasteiger partial charge in [-0.25, -0.2) is 0 Å². The summed E-state index contributed by atoms with van der Waals surface area (Å²) in [7, 11) is 1.83. The average molecular weight is 233 g/mol. The normalized spacial score (nSPS) is 9.81. The molecule has 80 valence electrons. The van der Waals surface area contributed by atoms with Crippen molar-refractivity contribution >= 4 is 23.1 Å². The summed E-state index contributed by atoms with van der Waals surface area (Å²) in [4.78, 5) is 0. The van der Waals surface area contributed by atoms with E-state index in [2.05, 4.69) is 16.5 Å². The minimum Gasteiger partial charge on any atom is -0.338 e. The Balaban J connectivity index is 2.31. The van der Waals surface area contributed by atoms with Crippen molar-refractivity contribution in [3.63, 3.8) is 0 Å². The van der Waals surface area contributed by atoms with Gasteiger partial charge in [0.25, 0.3) is 0 Å². The Morgan fingerprint density at radius 1 is 1.44 bits per heavy atom. The third-order valence-electron chi connectivity index (χ3n) is 2.08. The average Bonchev–Trinajstić information content (AvgIpc) is 2.67. The van der Waals surface area contributed by atoms with E-state index in [-0.39, 0.29) is 0 Å². The summed E-state index contributed by atoms with van der Waals surface area (Å²) in [5.41, 5.74) is 1.20. The molecule has 2 rings (SSSR count). The number of hydrogen-bond donors (Lipinski definition) is 1. The zero-order chi connectivity index (χ0) is 11.5. The Hall–Kier alpha value is -1.99. The largest absolute Gasteiger partial charge is 0.338 e. The Morgan fingerprint density at radius 3 is 2.88 bits per heavy atom. The Labute approximate surface area is 98.1 Å². The summed E-state index contributed by atoms with van der Waals surface area (Å²) < 4.78 is 1.68. The summed E-state index contributed by atoms with van der Waals surface area (Å²) in [6, 6.07) is 9.02. The van der Waals surface area contributed by atoms with Crippen molar-refractivity contribution in [2.24, 2.45) is 7.05 Å². The summed E-state index contributed by atoms with van der Waals surface area (Å²) in [5, 5.41) is 16.7. The van der Waals surface area contributed by atoms with Crippen molar-refractivity contribution in [3.05, 3.63) is 41.0 Å². The highest BCUT2D eigenvalue weighted by molar-refractivity contribution is 6.30. The number of anilines is 2. The smallest absolute Gasteiger partial charge is 0.152 e. The maximum Gasteiger partial charge on any atom is 0.152 e. The van der Waals surface area contributed by atoms with Crippen LogP contribution >= 0.6 is 11.6 Å². The third kappa shape index (κ3) is 2.15. The number of nitriles is 1. The SMILES string of the molecule is Cn1ccc(Nc2ccc(Cl)cc2C#N)n1. The number of hydrogen-bond acceptors (Lipinski definition) is 3. The number of aryl methyl sites for hydroxylation is 1. The molecule has 1 aromatic heterocycles.